The standard InChI is InChI=1S/C16H16BrClFNOS.C8H11NO2S.C7H6BrClFN/c1-16(2,3)15-20-8-14(22-15)13(21)5-4-9-6-12(19)10(17)7-11(9)18;1-8(2,3)7-9-4-5(12-7)6(10)11;8-5-2-6(9)4(3-11)1-7(5)10/h6-8H,4-5H2,1-3H3;4H,1-3H3,(H,10,11);1-2H,3,11H2. The second kappa shape index (κ2) is 16.9. The van der Waals surface area contributed by atoms with Gasteiger partial charge in [-0.2, -0.15) is 0 Å². The third-order valence-electron chi connectivity index (χ3n) is 5.80. The number of nitrogens with two attached hydrogens (primary N) is 1. The third-order valence-corrected chi connectivity index (χ3v) is 10.6. The number of halogens is 6. The van der Waals surface area contributed by atoms with Crippen LogP contribution in [0.3, 0.4) is 0 Å². The van der Waals surface area contributed by atoms with Crippen molar-refractivity contribution in [3.63, 3.8) is 0 Å². The predicted octanol–water partition coefficient (Wildman–Crippen LogP) is 10.7. The van der Waals surface area contributed by atoms with E-state index in [1.807, 2.05) is 20.8 Å². The zero-order chi connectivity index (χ0) is 34.3. The van der Waals surface area contributed by atoms with Gasteiger partial charge in [0.1, 0.15) is 16.5 Å². The first-order valence-corrected chi connectivity index (χ1v) is 17.4. The lowest BCUT2D eigenvalue weighted by molar-refractivity contribution is 0.0701. The molecule has 0 bridgehead atoms. The van der Waals surface area contributed by atoms with Crippen molar-refractivity contribution in [2.45, 2.75) is 71.8 Å². The monoisotopic (exact) mass is 825 g/mol. The number of aromatic nitrogens is 2. The van der Waals surface area contributed by atoms with E-state index in [0.29, 0.717) is 46.3 Å². The summed E-state index contributed by atoms with van der Waals surface area (Å²) in [4.78, 5) is 32.1. The van der Waals surface area contributed by atoms with Gasteiger partial charge in [-0.3, -0.25) is 4.79 Å². The number of rotatable bonds is 6. The minimum absolute atomic E-state index is 0.00685. The van der Waals surface area contributed by atoms with Crippen LogP contribution in [-0.2, 0) is 23.8 Å². The Balaban J connectivity index is 0.000000259. The number of Topliss-reactive ketones (excluding diaryl/α,β-unsaturated/α-hetero) is 1. The number of carbonyl (C=O) groups excluding carboxylic acids is 1. The number of thiazole rings is 2. The summed E-state index contributed by atoms with van der Waals surface area (Å²) < 4.78 is 27.0. The summed E-state index contributed by atoms with van der Waals surface area (Å²) in [5.74, 6) is -1.61. The summed E-state index contributed by atoms with van der Waals surface area (Å²) in [5.41, 5.74) is 6.43. The predicted molar refractivity (Wildman–Crippen MR) is 187 cm³/mol. The highest BCUT2D eigenvalue weighted by Crippen LogP contribution is 2.30. The van der Waals surface area contributed by atoms with Gasteiger partial charge in [0.15, 0.2) is 5.78 Å². The fourth-order valence-corrected chi connectivity index (χ4v) is 6.52. The van der Waals surface area contributed by atoms with Crippen molar-refractivity contribution in [3.8, 4) is 0 Å². The fraction of sp³-hybridized carbons (Fsp3) is 0.355. The largest absolute Gasteiger partial charge is 0.477 e. The molecule has 0 radical (unpaired) electrons. The molecule has 0 spiro atoms. The summed E-state index contributed by atoms with van der Waals surface area (Å²) in [6, 6.07) is 5.71. The number of carbonyl (C=O) groups is 2. The Bertz CT molecular complexity index is 1650. The normalized spacial score (nSPS) is 11.3. The number of aromatic carboxylic acids is 1. The van der Waals surface area contributed by atoms with Gasteiger partial charge in [0, 0.05) is 40.0 Å². The van der Waals surface area contributed by atoms with Gasteiger partial charge < -0.3 is 10.8 Å². The van der Waals surface area contributed by atoms with Gasteiger partial charge in [-0.15, -0.1) is 22.7 Å². The summed E-state index contributed by atoms with van der Waals surface area (Å²) in [5, 5.41) is 11.4. The molecule has 0 saturated carbocycles. The Hall–Kier alpha value is -1.80. The average molecular weight is 828 g/mol. The van der Waals surface area contributed by atoms with E-state index in [0.717, 1.165) is 10.0 Å². The Morgan fingerprint density at radius 2 is 1.24 bits per heavy atom. The van der Waals surface area contributed by atoms with Crippen LogP contribution in [0.15, 0.2) is 45.6 Å². The van der Waals surface area contributed by atoms with Crippen LogP contribution >= 0.6 is 77.7 Å². The van der Waals surface area contributed by atoms with E-state index in [2.05, 4.69) is 62.6 Å². The summed E-state index contributed by atoms with van der Waals surface area (Å²) >= 11 is 20.6. The summed E-state index contributed by atoms with van der Waals surface area (Å²) in [6.07, 6.45) is 3.72. The number of hydrogen-bond donors (Lipinski definition) is 2. The van der Waals surface area contributed by atoms with Crippen LogP contribution in [0, 0.1) is 11.6 Å². The molecular weight excluding hydrogens is 795 g/mol. The number of benzene rings is 2. The molecule has 2 aromatic heterocycles. The molecule has 0 unspecified atom stereocenters. The Morgan fingerprint density at radius 1 is 0.822 bits per heavy atom. The van der Waals surface area contributed by atoms with Crippen LogP contribution < -0.4 is 5.73 Å². The summed E-state index contributed by atoms with van der Waals surface area (Å²) in [7, 11) is 0. The molecule has 244 valence electrons. The SMILES string of the molecule is CC(C)(C)c1ncc(C(=O)CCc2cc(F)c(Br)cc2Cl)s1.CC(C)(C)c1ncc(C(=O)O)s1.NCc1cc(F)c(Br)cc1Cl. The number of carboxylic acids is 1. The smallest absolute Gasteiger partial charge is 0.347 e. The van der Waals surface area contributed by atoms with Crippen LogP contribution in [0.1, 0.15) is 88.4 Å². The molecule has 0 aliphatic carbocycles. The van der Waals surface area contributed by atoms with Crippen molar-refractivity contribution in [3.05, 3.63) is 98.2 Å². The van der Waals surface area contributed by atoms with E-state index in [4.69, 9.17) is 34.0 Å². The van der Waals surface area contributed by atoms with Crippen LogP contribution in [0.4, 0.5) is 8.78 Å². The molecule has 0 fully saturated rings. The maximum absolute atomic E-state index is 13.5. The van der Waals surface area contributed by atoms with Crippen LogP contribution in [-0.4, -0.2) is 26.8 Å². The van der Waals surface area contributed by atoms with Gasteiger partial charge in [0.25, 0.3) is 0 Å². The molecule has 0 amide bonds. The van der Waals surface area contributed by atoms with Crippen molar-refractivity contribution in [2.75, 3.05) is 0 Å². The molecule has 45 heavy (non-hydrogen) atoms. The Morgan fingerprint density at radius 3 is 1.64 bits per heavy atom. The zero-order valence-electron chi connectivity index (χ0n) is 25.4. The number of carboxylic acid groups (broad SMARTS) is 1. The number of nitrogens with zero attached hydrogens (tertiary/aromatic N) is 2. The van der Waals surface area contributed by atoms with Gasteiger partial charge in [-0.25, -0.2) is 23.5 Å². The van der Waals surface area contributed by atoms with Crippen molar-refractivity contribution in [2.24, 2.45) is 5.73 Å². The highest BCUT2D eigenvalue weighted by atomic mass is 79.9. The molecule has 3 N–H and O–H groups in total. The maximum Gasteiger partial charge on any atom is 0.347 e. The number of ketones is 1. The van der Waals surface area contributed by atoms with Crippen LogP contribution in [0.2, 0.25) is 10.0 Å². The number of hydrogen-bond acceptors (Lipinski definition) is 7. The molecule has 4 aromatic rings. The van der Waals surface area contributed by atoms with E-state index < -0.39 is 5.97 Å². The highest BCUT2D eigenvalue weighted by molar-refractivity contribution is 9.10. The number of aryl methyl sites for hydroxylation is 1. The molecule has 0 aliphatic rings. The molecular formula is C31H33Br2Cl2F2N3O3S2. The van der Waals surface area contributed by atoms with Crippen molar-refractivity contribution >= 4 is 89.5 Å². The third kappa shape index (κ3) is 12.1. The molecule has 4 rings (SSSR count). The minimum atomic E-state index is -0.900. The Kier molecular flexibility index (Phi) is 14.7. The van der Waals surface area contributed by atoms with Crippen LogP contribution in [0.25, 0.3) is 0 Å². The summed E-state index contributed by atoms with van der Waals surface area (Å²) in [6.45, 7) is 12.5. The van der Waals surface area contributed by atoms with Gasteiger partial charge >= 0.3 is 5.97 Å². The molecule has 0 saturated heterocycles. The second-order valence-corrected chi connectivity index (χ2v) is 16.3. The first kappa shape index (κ1) is 39.4. The van der Waals surface area contributed by atoms with Gasteiger partial charge in [0.05, 0.1) is 30.0 Å². The fourth-order valence-electron chi connectivity index (χ4n) is 3.32. The van der Waals surface area contributed by atoms with E-state index in [1.54, 1.807) is 6.20 Å². The highest BCUT2D eigenvalue weighted by Gasteiger charge is 2.21. The molecule has 6 nitrogen and oxygen atoms in total. The lowest BCUT2D eigenvalue weighted by Gasteiger charge is -2.13. The zero-order valence-corrected chi connectivity index (χ0v) is 31.7. The Labute approximate surface area is 296 Å². The minimum Gasteiger partial charge on any atom is -0.477 e. The van der Waals surface area contributed by atoms with E-state index in [9.17, 15) is 18.4 Å². The van der Waals surface area contributed by atoms with E-state index in [-0.39, 0.29) is 41.2 Å². The van der Waals surface area contributed by atoms with Gasteiger partial charge in [-0.1, -0.05) is 64.7 Å². The topological polar surface area (TPSA) is 106 Å². The molecule has 2 aromatic carbocycles. The second-order valence-electron chi connectivity index (χ2n) is 11.7. The molecule has 14 heteroatoms. The maximum atomic E-state index is 13.5. The van der Waals surface area contributed by atoms with Crippen molar-refractivity contribution in [1.82, 2.24) is 9.97 Å². The molecule has 0 atom stereocenters. The average Bonchev–Trinajstić information content (AvgIpc) is 3.64. The van der Waals surface area contributed by atoms with Gasteiger partial charge in [-0.05, 0) is 73.7 Å². The lowest BCUT2D eigenvalue weighted by atomic mass is 9.98. The molecule has 2 heterocycles. The molecule has 0 aliphatic heterocycles. The first-order chi connectivity index (χ1) is 20.7. The lowest BCUT2D eigenvalue weighted by Crippen LogP contribution is -2.09. The van der Waals surface area contributed by atoms with Crippen LogP contribution in [0.5, 0.6) is 0 Å². The first-order valence-electron chi connectivity index (χ1n) is 13.4. The quantitative estimate of drug-likeness (QED) is 0.148. The van der Waals surface area contributed by atoms with Crippen molar-refractivity contribution in [1.29, 1.82) is 0 Å². The van der Waals surface area contributed by atoms with Gasteiger partial charge in [0.2, 0.25) is 0 Å². The van der Waals surface area contributed by atoms with Crippen molar-refractivity contribution < 1.29 is 23.5 Å². The van der Waals surface area contributed by atoms with E-state index in [1.165, 1.54) is 53.1 Å². The van der Waals surface area contributed by atoms with E-state index >= 15 is 0 Å².